The highest BCUT2D eigenvalue weighted by Crippen LogP contribution is 2.38. The minimum atomic E-state index is -1.08. The van der Waals surface area contributed by atoms with Gasteiger partial charge in [0.1, 0.15) is 9.71 Å². The van der Waals surface area contributed by atoms with Gasteiger partial charge < -0.3 is 16.6 Å². The Morgan fingerprint density at radius 3 is 2.50 bits per heavy atom. The average molecular weight is 286 g/mol. The van der Waals surface area contributed by atoms with Gasteiger partial charge in [0.2, 0.25) is 5.95 Å². The first kappa shape index (κ1) is 12.4. The van der Waals surface area contributed by atoms with Crippen LogP contribution in [0.2, 0.25) is 0 Å². The van der Waals surface area contributed by atoms with E-state index in [2.05, 4.69) is 9.97 Å². The summed E-state index contributed by atoms with van der Waals surface area (Å²) in [6.45, 7) is 0. The van der Waals surface area contributed by atoms with Gasteiger partial charge in [-0.3, -0.25) is 0 Å². The van der Waals surface area contributed by atoms with E-state index in [4.69, 9.17) is 16.6 Å². The summed E-state index contributed by atoms with van der Waals surface area (Å²) in [7, 11) is 0. The summed E-state index contributed by atoms with van der Waals surface area (Å²) >= 11 is 0.999. The molecule has 0 aliphatic rings. The Kier molecular flexibility index (Phi) is 2.76. The van der Waals surface area contributed by atoms with Crippen molar-refractivity contribution in [1.82, 2.24) is 9.97 Å². The van der Waals surface area contributed by atoms with Gasteiger partial charge in [-0.15, -0.1) is 11.3 Å². The van der Waals surface area contributed by atoms with Crippen molar-refractivity contribution in [3.8, 4) is 11.3 Å². The Balaban J connectivity index is 2.40. The van der Waals surface area contributed by atoms with Crippen LogP contribution in [0.3, 0.4) is 0 Å². The first-order valence-corrected chi connectivity index (χ1v) is 6.53. The molecule has 0 atom stereocenters. The third-order valence-corrected chi connectivity index (χ3v) is 3.93. The Labute approximate surface area is 117 Å². The van der Waals surface area contributed by atoms with Gasteiger partial charge in [-0.1, -0.05) is 30.3 Å². The zero-order valence-corrected chi connectivity index (χ0v) is 11.0. The molecule has 2 aromatic heterocycles. The molecule has 20 heavy (non-hydrogen) atoms. The summed E-state index contributed by atoms with van der Waals surface area (Å²) in [6, 6.07) is 9.32. The molecule has 3 aromatic rings. The van der Waals surface area contributed by atoms with Crippen LogP contribution in [-0.4, -0.2) is 21.0 Å². The van der Waals surface area contributed by atoms with Crippen molar-refractivity contribution < 1.29 is 9.90 Å². The smallest absolute Gasteiger partial charge is 0.348 e. The molecule has 6 nitrogen and oxygen atoms in total. The van der Waals surface area contributed by atoms with Crippen LogP contribution in [0.5, 0.6) is 0 Å². The van der Waals surface area contributed by atoms with Crippen LogP contribution in [0.1, 0.15) is 9.67 Å². The van der Waals surface area contributed by atoms with Gasteiger partial charge in [-0.05, 0) is 0 Å². The summed E-state index contributed by atoms with van der Waals surface area (Å²) in [5.41, 5.74) is 13.2. The van der Waals surface area contributed by atoms with Gasteiger partial charge in [0.05, 0.1) is 16.8 Å². The second kappa shape index (κ2) is 4.46. The van der Waals surface area contributed by atoms with Crippen LogP contribution in [0.4, 0.5) is 11.6 Å². The lowest BCUT2D eigenvalue weighted by molar-refractivity contribution is 0.0703. The lowest BCUT2D eigenvalue weighted by atomic mass is 10.1. The fourth-order valence-electron chi connectivity index (χ4n) is 2.00. The minimum absolute atomic E-state index is 0.0529. The molecule has 100 valence electrons. The summed E-state index contributed by atoms with van der Waals surface area (Å²) in [4.78, 5) is 20.0. The number of anilines is 2. The largest absolute Gasteiger partial charge is 0.477 e. The van der Waals surface area contributed by atoms with E-state index in [1.807, 2.05) is 30.3 Å². The summed E-state index contributed by atoms with van der Waals surface area (Å²) in [6.07, 6.45) is 0. The predicted molar refractivity (Wildman–Crippen MR) is 78.6 cm³/mol. The number of nitrogens with two attached hydrogens (primary N) is 2. The van der Waals surface area contributed by atoms with Gasteiger partial charge >= 0.3 is 5.97 Å². The number of rotatable bonds is 2. The van der Waals surface area contributed by atoms with E-state index in [0.717, 1.165) is 16.9 Å². The molecule has 0 saturated carbocycles. The molecule has 0 bridgehead atoms. The number of hydrogen-bond donors (Lipinski definition) is 3. The second-order valence-electron chi connectivity index (χ2n) is 4.13. The van der Waals surface area contributed by atoms with Crippen molar-refractivity contribution in [3.63, 3.8) is 0 Å². The van der Waals surface area contributed by atoms with Gasteiger partial charge in [-0.25, -0.2) is 14.8 Å². The maximum Gasteiger partial charge on any atom is 0.348 e. The molecule has 0 amide bonds. The summed E-state index contributed by atoms with van der Waals surface area (Å²) < 4.78 is 0. The molecule has 7 heteroatoms. The maximum atomic E-state index is 11.2. The number of nitrogens with zero attached hydrogens (tertiary/aromatic N) is 2. The highest BCUT2D eigenvalue weighted by atomic mass is 32.1. The summed E-state index contributed by atoms with van der Waals surface area (Å²) in [5.74, 6) is -0.988. The third-order valence-electron chi connectivity index (χ3n) is 2.85. The SMILES string of the molecule is Nc1nc(-c2ccccc2)c2c(N)c(C(=O)O)sc2n1. The fourth-order valence-corrected chi connectivity index (χ4v) is 2.94. The van der Waals surface area contributed by atoms with E-state index in [0.29, 0.717) is 15.9 Å². The number of benzene rings is 1. The van der Waals surface area contributed by atoms with Gasteiger partial charge in [0.15, 0.2) is 0 Å². The van der Waals surface area contributed by atoms with E-state index in [1.165, 1.54) is 0 Å². The van der Waals surface area contributed by atoms with Crippen LogP contribution in [0.15, 0.2) is 30.3 Å². The second-order valence-corrected chi connectivity index (χ2v) is 5.13. The third kappa shape index (κ3) is 1.84. The number of nitrogen functional groups attached to an aromatic ring is 2. The van der Waals surface area contributed by atoms with E-state index >= 15 is 0 Å². The zero-order valence-electron chi connectivity index (χ0n) is 10.2. The molecule has 0 radical (unpaired) electrons. The molecule has 1 aromatic carbocycles. The minimum Gasteiger partial charge on any atom is -0.477 e. The number of aromatic nitrogens is 2. The van der Waals surface area contributed by atoms with Crippen LogP contribution >= 0.6 is 11.3 Å². The summed E-state index contributed by atoms with van der Waals surface area (Å²) in [5, 5.41) is 9.68. The topological polar surface area (TPSA) is 115 Å². The Morgan fingerprint density at radius 2 is 1.85 bits per heavy atom. The normalized spacial score (nSPS) is 10.8. The Hall–Kier alpha value is -2.67. The number of carbonyl (C=O) groups is 1. The molecule has 5 N–H and O–H groups in total. The fraction of sp³-hybridized carbons (Fsp3) is 0. The van der Waals surface area contributed by atoms with Crippen molar-refractivity contribution in [3.05, 3.63) is 35.2 Å². The van der Waals surface area contributed by atoms with E-state index in [9.17, 15) is 4.79 Å². The van der Waals surface area contributed by atoms with E-state index < -0.39 is 5.97 Å². The highest BCUT2D eigenvalue weighted by Gasteiger charge is 2.21. The van der Waals surface area contributed by atoms with Gasteiger partial charge in [0, 0.05) is 5.56 Å². The molecule has 0 aliphatic carbocycles. The van der Waals surface area contributed by atoms with Crippen molar-refractivity contribution in [2.45, 2.75) is 0 Å². The molecule has 0 fully saturated rings. The van der Waals surface area contributed by atoms with Crippen LogP contribution in [0, 0.1) is 0 Å². The van der Waals surface area contributed by atoms with Crippen LogP contribution in [0.25, 0.3) is 21.5 Å². The lowest BCUT2D eigenvalue weighted by Gasteiger charge is -2.04. The lowest BCUT2D eigenvalue weighted by Crippen LogP contribution is -1.99. The number of hydrogen-bond acceptors (Lipinski definition) is 6. The van der Waals surface area contributed by atoms with Gasteiger partial charge in [-0.2, -0.15) is 0 Å². The molecule has 0 saturated heterocycles. The number of carboxylic acid groups (broad SMARTS) is 1. The van der Waals surface area contributed by atoms with Crippen LogP contribution in [-0.2, 0) is 0 Å². The molecule has 0 unspecified atom stereocenters. The number of thiophene rings is 1. The predicted octanol–water partition coefficient (Wildman–Crippen LogP) is 2.22. The Bertz CT molecular complexity index is 814. The molecular formula is C13H10N4O2S. The van der Waals surface area contributed by atoms with Gasteiger partial charge in [0.25, 0.3) is 0 Å². The highest BCUT2D eigenvalue weighted by molar-refractivity contribution is 7.21. The van der Waals surface area contributed by atoms with E-state index in [-0.39, 0.29) is 16.5 Å². The monoisotopic (exact) mass is 286 g/mol. The molecule has 3 rings (SSSR count). The first-order chi connectivity index (χ1) is 9.58. The van der Waals surface area contributed by atoms with Crippen molar-refractivity contribution in [2.75, 3.05) is 11.5 Å². The maximum absolute atomic E-state index is 11.2. The molecular weight excluding hydrogens is 276 g/mol. The van der Waals surface area contributed by atoms with Crippen molar-refractivity contribution >= 4 is 39.2 Å². The number of carboxylic acids is 1. The van der Waals surface area contributed by atoms with E-state index in [1.54, 1.807) is 0 Å². The molecule has 2 heterocycles. The molecule has 0 aliphatic heterocycles. The van der Waals surface area contributed by atoms with Crippen LogP contribution < -0.4 is 11.5 Å². The van der Waals surface area contributed by atoms with Crippen molar-refractivity contribution in [2.24, 2.45) is 0 Å². The average Bonchev–Trinajstić information content (AvgIpc) is 2.76. The quantitative estimate of drug-likeness (QED) is 0.665. The number of aromatic carboxylic acids is 1. The first-order valence-electron chi connectivity index (χ1n) is 5.72. The molecule has 0 spiro atoms. The standard InChI is InChI=1S/C13H10N4O2S/c14-8-7-9(6-4-2-1-3-5-6)16-13(15)17-11(7)20-10(8)12(18)19/h1-5H,14H2,(H,18,19)(H2,15,16,17). The Morgan fingerprint density at radius 1 is 1.15 bits per heavy atom. The van der Waals surface area contributed by atoms with Crippen molar-refractivity contribution in [1.29, 1.82) is 0 Å². The number of fused-ring (bicyclic) bond motifs is 1. The zero-order chi connectivity index (χ0) is 14.3.